The molecule has 4 aromatic rings. The Kier molecular flexibility index (Phi) is 3.71. The van der Waals surface area contributed by atoms with Crippen molar-refractivity contribution in [2.24, 2.45) is 0 Å². The molecule has 0 aliphatic rings. The molecule has 116 valence electrons. The van der Waals surface area contributed by atoms with Crippen LogP contribution in [0, 0.1) is 6.92 Å². The number of nitrogens with one attached hydrogen (secondary N) is 1. The van der Waals surface area contributed by atoms with Crippen LogP contribution in [0.5, 0.6) is 0 Å². The lowest BCUT2D eigenvalue weighted by Gasteiger charge is -1.90. The summed E-state index contributed by atoms with van der Waals surface area (Å²) in [6, 6.07) is 5.45. The lowest BCUT2D eigenvalue weighted by atomic mass is 10.4. The molecule has 0 amide bonds. The molecule has 1 N–H and O–H groups in total. The Balaban J connectivity index is 1.53. The van der Waals surface area contributed by atoms with Gasteiger partial charge in [0.15, 0.2) is 5.82 Å². The summed E-state index contributed by atoms with van der Waals surface area (Å²) in [6.07, 6.45) is 0. The Morgan fingerprint density at radius 2 is 2.30 bits per heavy atom. The van der Waals surface area contributed by atoms with E-state index in [-0.39, 0.29) is 5.56 Å². The maximum Gasteiger partial charge on any atom is 0.275 e. The third-order valence-electron chi connectivity index (χ3n) is 2.96. The van der Waals surface area contributed by atoms with Crippen molar-refractivity contribution in [3.8, 4) is 10.7 Å². The first-order chi connectivity index (χ1) is 11.2. The minimum atomic E-state index is -0.155. The van der Waals surface area contributed by atoms with Crippen LogP contribution in [-0.4, -0.2) is 29.8 Å². The zero-order chi connectivity index (χ0) is 15.8. The highest BCUT2D eigenvalue weighted by Gasteiger charge is 2.11. The standard InChI is InChI=1S/C13H10N6OS3/c1-7-5-10(20)19-13(14-7)23-9(18-19)6-22-12-15-11(16-17-12)8-3-2-4-21-8/h2-5H,6H2,1H3,(H,15,16,17). The fraction of sp³-hybridized carbons (Fsp3) is 0.154. The Bertz CT molecular complexity index is 1020. The van der Waals surface area contributed by atoms with Crippen molar-refractivity contribution in [3.05, 3.63) is 44.6 Å². The topological polar surface area (TPSA) is 88.8 Å². The van der Waals surface area contributed by atoms with E-state index in [9.17, 15) is 4.79 Å². The molecule has 4 aromatic heterocycles. The van der Waals surface area contributed by atoms with Crippen LogP contribution >= 0.6 is 34.4 Å². The van der Waals surface area contributed by atoms with Crippen LogP contribution in [0.4, 0.5) is 0 Å². The fourth-order valence-electron chi connectivity index (χ4n) is 1.98. The molecule has 0 atom stereocenters. The van der Waals surface area contributed by atoms with Crippen LogP contribution < -0.4 is 5.56 Å². The molecule has 0 aliphatic carbocycles. The molecule has 10 heteroatoms. The highest BCUT2D eigenvalue weighted by Crippen LogP contribution is 2.26. The quantitative estimate of drug-likeness (QED) is 0.561. The van der Waals surface area contributed by atoms with Crippen molar-refractivity contribution in [1.82, 2.24) is 29.8 Å². The maximum absolute atomic E-state index is 11.9. The molecule has 0 saturated carbocycles. The van der Waals surface area contributed by atoms with Gasteiger partial charge in [-0.15, -0.1) is 16.4 Å². The molecule has 0 spiro atoms. The van der Waals surface area contributed by atoms with Gasteiger partial charge in [-0.05, 0) is 18.4 Å². The van der Waals surface area contributed by atoms with Gasteiger partial charge in [-0.25, -0.2) is 9.97 Å². The summed E-state index contributed by atoms with van der Waals surface area (Å²) in [7, 11) is 0. The van der Waals surface area contributed by atoms with Gasteiger partial charge < -0.3 is 0 Å². The van der Waals surface area contributed by atoms with Crippen LogP contribution in [0.3, 0.4) is 0 Å². The minimum Gasteiger partial charge on any atom is -0.267 e. The number of thiophene rings is 1. The predicted octanol–water partition coefficient (Wildman–Crippen LogP) is 2.60. The molecule has 0 unspecified atom stereocenters. The number of aryl methyl sites for hydroxylation is 1. The molecule has 7 nitrogen and oxygen atoms in total. The minimum absolute atomic E-state index is 0.155. The number of aromatic nitrogens is 6. The summed E-state index contributed by atoms with van der Waals surface area (Å²) < 4.78 is 1.34. The van der Waals surface area contributed by atoms with Gasteiger partial charge >= 0.3 is 0 Å². The normalized spacial score (nSPS) is 11.3. The number of H-pyrrole nitrogens is 1. The average molecular weight is 362 g/mol. The van der Waals surface area contributed by atoms with Crippen LogP contribution in [0.1, 0.15) is 10.7 Å². The summed E-state index contributed by atoms with van der Waals surface area (Å²) in [4.78, 5) is 22.3. The number of hydrogen-bond acceptors (Lipinski definition) is 8. The molecule has 0 aromatic carbocycles. The number of hydrogen-bond donors (Lipinski definition) is 1. The third kappa shape index (κ3) is 2.92. The van der Waals surface area contributed by atoms with E-state index < -0.39 is 0 Å². The molecular formula is C13H10N6OS3. The average Bonchev–Trinajstić information content (AvgIpc) is 3.24. The maximum atomic E-state index is 11.9. The van der Waals surface area contributed by atoms with Gasteiger partial charge in [-0.2, -0.15) is 9.61 Å². The van der Waals surface area contributed by atoms with Gasteiger partial charge in [-0.1, -0.05) is 29.2 Å². The van der Waals surface area contributed by atoms with Crippen molar-refractivity contribution >= 4 is 39.4 Å². The van der Waals surface area contributed by atoms with Crippen LogP contribution in [0.2, 0.25) is 0 Å². The van der Waals surface area contributed by atoms with Gasteiger partial charge in [0, 0.05) is 11.8 Å². The lowest BCUT2D eigenvalue weighted by molar-refractivity contribution is 0.869. The SMILES string of the molecule is Cc1cc(=O)n2nc(CSc3n[nH]c(-c4cccs4)n3)sc2n1. The first-order valence-corrected chi connectivity index (χ1v) is 9.33. The fourth-order valence-corrected chi connectivity index (χ4v) is 4.37. The van der Waals surface area contributed by atoms with Gasteiger partial charge in [-0.3, -0.25) is 9.89 Å². The van der Waals surface area contributed by atoms with E-state index in [0.29, 0.717) is 21.6 Å². The van der Waals surface area contributed by atoms with Crippen molar-refractivity contribution in [2.45, 2.75) is 17.8 Å². The highest BCUT2D eigenvalue weighted by atomic mass is 32.2. The van der Waals surface area contributed by atoms with Gasteiger partial charge in [0.25, 0.3) is 5.56 Å². The van der Waals surface area contributed by atoms with E-state index in [1.807, 2.05) is 17.5 Å². The number of thioether (sulfide) groups is 1. The number of rotatable bonds is 4. The summed E-state index contributed by atoms with van der Waals surface area (Å²) in [5.74, 6) is 1.36. The van der Waals surface area contributed by atoms with Crippen LogP contribution in [0.25, 0.3) is 15.7 Å². The lowest BCUT2D eigenvalue weighted by Crippen LogP contribution is -2.14. The molecule has 0 bridgehead atoms. The van der Waals surface area contributed by atoms with E-state index in [2.05, 4.69) is 25.3 Å². The van der Waals surface area contributed by atoms with E-state index in [1.54, 1.807) is 18.3 Å². The molecule has 4 rings (SSSR count). The van der Waals surface area contributed by atoms with Gasteiger partial charge in [0.1, 0.15) is 5.01 Å². The Morgan fingerprint density at radius 3 is 3.13 bits per heavy atom. The monoisotopic (exact) mass is 362 g/mol. The van der Waals surface area contributed by atoms with Crippen molar-refractivity contribution < 1.29 is 0 Å². The summed E-state index contributed by atoms with van der Waals surface area (Å²) >= 11 is 4.49. The number of nitrogens with zero attached hydrogens (tertiary/aromatic N) is 5. The van der Waals surface area contributed by atoms with E-state index in [0.717, 1.165) is 15.7 Å². The zero-order valence-corrected chi connectivity index (χ0v) is 14.3. The largest absolute Gasteiger partial charge is 0.275 e. The molecule has 0 radical (unpaired) electrons. The second-order valence-corrected chi connectivity index (χ2v) is 7.59. The number of aromatic amines is 1. The van der Waals surface area contributed by atoms with E-state index in [1.165, 1.54) is 33.7 Å². The first kappa shape index (κ1) is 14.5. The Labute approximate surface area is 142 Å². The Morgan fingerprint density at radius 1 is 1.39 bits per heavy atom. The zero-order valence-electron chi connectivity index (χ0n) is 11.9. The third-order valence-corrected chi connectivity index (χ3v) is 5.79. The predicted molar refractivity (Wildman–Crippen MR) is 91.1 cm³/mol. The van der Waals surface area contributed by atoms with Gasteiger partial charge in [0.05, 0.1) is 10.6 Å². The van der Waals surface area contributed by atoms with Crippen LogP contribution in [-0.2, 0) is 5.75 Å². The van der Waals surface area contributed by atoms with Crippen molar-refractivity contribution in [2.75, 3.05) is 0 Å². The van der Waals surface area contributed by atoms with Gasteiger partial charge in [0.2, 0.25) is 10.1 Å². The molecule has 4 heterocycles. The molecule has 0 aliphatic heterocycles. The smallest absolute Gasteiger partial charge is 0.267 e. The van der Waals surface area contributed by atoms with E-state index in [4.69, 9.17) is 0 Å². The molecular weight excluding hydrogens is 352 g/mol. The van der Waals surface area contributed by atoms with E-state index >= 15 is 0 Å². The second-order valence-electron chi connectivity index (χ2n) is 4.66. The summed E-state index contributed by atoms with van der Waals surface area (Å²) in [5, 5.41) is 14.9. The number of fused-ring (bicyclic) bond motifs is 1. The Hall–Kier alpha value is -2.04. The highest BCUT2D eigenvalue weighted by molar-refractivity contribution is 7.98. The summed E-state index contributed by atoms with van der Waals surface area (Å²) in [5.41, 5.74) is 0.547. The first-order valence-electron chi connectivity index (χ1n) is 6.64. The van der Waals surface area contributed by atoms with Crippen molar-refractivity contribution in [1.29, 1.82) is 0 Å². The summed E-state index contributed by atoms with van der Waals surface area (Å²) in [6.45, 7) is 1.80. The second kappa shape index (κ2) is 5.87. The molecule has 0 fully saturated rings. The molecule has 0 saturated heterocycles. The van der Waals surface area contributed by atoms with Crippen molar-refractivity contribution in [3.63, 3.8) is 0 Å². The molecule has 23 heavy (non-hydrogen) atoms. The van der Waals surface area contributed by atoms with Crippen LogP contribution in [0.15, 0.2) is 33.5 Å².